The Labute approximate surface area is 121 Å². The van der Waals surface area contributed by atoms with Crippen LogP contribution in [0.15, 0.2) is 24.3 Å². The van der Waals surface area contributed by atoms with Crippen LogP contribution in [0.5, 0.6) is 5.75 Å². The van der Waals surface area contributed by atoms with Gasteiger partial charge in [-0.2, -0.15) is 0 Å². The van der Waals surface area contributed by atoms with Gasteiger partial charge in [-0.15, -0.1) is 0 Å². The van der Waals surface area contributed by atoms with Crippen LogP contribution >= 0.6 is 0 Å². The maximum Gasteiger partial charge on any atom is 0.118 e. The molecule has 1 aromatic carbocycles. The minimum absolute atomic E-state index is 0.129. The standard InChI is InChI=1S/C16H25NO3/c1-4-20-15-10-17(2)9-13(11-18)16(15)12-5-7-14(19-3)8-6-12/h5-8,13,15-16,18H,4,9-11H2,1-3H3/t13-,15?,16-/m0/s1. The Morgan fingerprint density at radius 3 is 2.50 bits per heavy atom. The predicted molar refractivity (Wildman–Crippen MR) is 79.2 cm³/mol. The highest BCUT2D eigenvalue weighted by atomic mass is 16.5. The quantitative estimate of drug-likeness (QED) is 0.891. The summed E-state index contributed by atoms with van der Waals surface area (Å²) in [4.78, 5) is 2.24. The molecule has 4 nitrogen and oxygen atoms in total. The molecule has 1 fully saturated rings. The van der Waals surface area contributed by atoms with E-state index < -0.39 is 0 Å². The van der Waals surface area contributed by atoms with Gasteiger partial charge in [0.25, 0.3) is 0 Å². The number of piperidine rings is 1. The number of likely N-dealkylation sites (N-methyl/N-ethyl adjacent to an activating group) is 1. The van der Waals surface area contributed by atoms with Crippen LogP contribution in [0.4, 0.5) is 0 Å². The fourth-order valence-corrected chi connectivity index (χ4v) is 3.17. The van der Waals surface area contributed by atoms with Gasteiger partial charge in [-0.25, -0.2) is 0 Å². The number of ether oxygens (including phenoxy) is 2. The molecule has 1 aliphatic rings. The number of benzene rings is 1. The monoisotopic (exact) mass is 279 g/mol. The van der Waals surface area contributed by atoms with Crippen molar-refractivity contribution in [3.8, 4) is 5.75 Å². The topological polar surface area (TPSA) is 41.9 Å². The van der Waals surface area contributed by atoms with Crippen LogP contribution in [0.3, 0.4) is 0 Å². The van der Waals surface area contributed by atoms with Crippen LogP contribution in [0.1, 0.15) is 18.4 Å². The van der Waals surface area contributed by atoms with Crippen molar-refractivity contribution >= 4 is 0 Å². The fourth-order valence-electron chi connectivity index (χ4n) is 3.17. The highest BCUT2D eigenvalue weighted by Crippen LogP contribution is 2.35. The Hall–Kier alpha value is -1.10. The lowest BCUT2D eigenvalue weighted by molar-refractivity contribution is -0.0356. The number of aliphatic hydroxyl groups is 1. The van der Waals surface area contributed by atoms with Crippen LogP contribution in [0, 0.1) is 5.92 Å². The van der Waals surface area contributed by atoms with Gasteiger partial charge in [0.05, 0.1) is 13.2 Å². The zero-order valence-corrected chi connectivity index (χ0v) is 12.6. The lowest BCUT2D eigenvalue weighted by atomic mass is 9.79. The first-order valence-corrected chi connectivity index (χ1v) is 7.24. The average molecular weight is 279 g/mol. The molecule has 1 saturated heterocycles. The molecular weight excluding hydrogens is 254 g/mol. The van der Waals surface area contributed by atoms with Gasteiger partial charge in [-0.3, -0.25) is 0 Å². The molecule has 2 rings (SSSR count). The van der Waals surface area contributed by atoms with Crippen molar-refractivity contribution in [2.75, 3.05) is 40.5 Å². The first-order valence-electron chi connectivity index (χ1n) is 7.24. The third-order valence-corrected chi connectivity index (χ3v) is 4.06. The molecule has 0 spiro atoms. The van der Waals surface area contributed by atoms with Gasteiger partial charge in [0.15, 0.2) is 0 Å². The molecule has 4 heteroatoms. The van der Waals surface area contributed by atoms with Crippen molar-refractivity contribution in [2.45, 2.75) is 18.9 Å². The lowest BCUT2D eigenvalue weighted by Gasteiger charge is -2.42. The number of aliphatic hydroxyl groups excluding tert-OH is 1. The molecule has 0 bridgehead atoms. The van der Waals surface area contributed by atoms with Gasteiger partial charge in [-0.05, 0) is 31.7 Å². The maximum atomic E-state index is 9.72. The Kier molecular flexibility index (Phi) is 5.40. The van der Waals surface area contributed by atoms with Gasteiger partial charge >= 0.3 is 0 Å². The highest BCUT2D eigenvalue weighted by molar-refractivity contribution is 5.31. The first-order chi connectivity index (χ1) is 9.69. The predicted octanol–water partition coefficient (Wildman–Crippen LogP) is 1.74. The number of hydrogen-bond donors (Lipinski definition) is 1. The van der Waals surface area contributed by atoms with Crippen LogP contribution in [0.2, 0.25) is 0 Å². The minimum atomic E-state index is 0.129. The van der Waals surface area contributed by atoms with Gasteiger partial charge in [0.2, 0.25) is 0 Å². The van der Waals surface area contributed by atoms with Crippen LogP contribution < -0.4 is 4.74 Å². The molecule has 112 valence electrons. The molecule has 1 aliphatic heterocycles. The fraction of sp³-hybridized carbons (Fsp3) is 0.625. The van der Waals surface area contributed by atoms with Crippen molar-refractivity contribution in [2.24, 2.45) is 5.92 Å². The molecular formula is C16H25NO3. The van der Waals surface area contributed by atoms with E-state index in [4.69, 9.17) is 9.47 Å². The summed E-state index contributed by atoms with van der Waals surface area (Å²) in [6, 6.07) is 8.13. The van der Waals surface area contributed by atoms with E-state index in [1.165, 1.54) is 5.56 Å². The van der Waals surface area contributed by atoms with Gasteiger partial charge in [-0.1, -0.05) is 12.1 Å². The molecule has 1 unspecified atom stereocenters. The van der Waals surface area contributed by atoms with Crippen molar-refractivity contribution in [1.82, 2.24) is 4.90 Å². The van der Waals surface area contributed by atoms with E-state index in [2.05, 4.69) is 24.1 Å². The minimum Gasteiger partial charge on any atom is -0.497 e. The summed E-state index contributed by atoms with van der Waals surface area (Å²) >= 11 is 0. The van der Waals surface area contributed by atoms with Gasteiger partial charge in [0, 0.05) is 38.1 Å². The molecule has 0 saturated carbocycles. The maximum absolute atomic E-state index is 9.72. The molecule has 0 aromatic heterocycles. The molecule has 1 aromatic rings. The Balaban J connectivity index is 2.25. The van der Waals surface area contributed by atoms with E-state index in [9.17, 15) is 5.11 Å². The summed E-state index contributed by atoms with van der Waals surface area (Å²) in [6.45, 7) is 4.71. The van der Waals surface area contributed by atoms with Crippen molar-refractivity contribution < 1.29 is 14.6 Å². The van der Waals surface area contributed by atoms with Crippen LogP contribution in [0.25, 0.3) is 0 Å². The highest BCUT2D eigenvalue weighted by Gasteiger charge is 2.36. The number of rotatable bonds is 5. The second-order valence-electron chi connectivity index (χ2n) is 5.46. The van der Waals surface area contributed by atoms with E-state index in [0.717, 1.165) is 18.8 Å². The summed E-state index contributed by atoms with van der Waals surface area (Å²) in [5.74, 6) is 1.30. The van der Waals surface area contributed by atoms with E-state index in [-0.39, 0.29) is 24.5 Å². The molecule has 0 aliphatic carbocycles. The zero-order chi connectivity index (χ0) is 14.5. The number of nitrogens with zero attached hydrogens (tertiary/aromatic N) is 1. The first kappa shape index (κ1) is 15.3. The largest absolute Gasteiger partial charge is 0.497 e. The summed E-state index contributed by atoms with van der Waals surface area (Å²) in [5.41, 5.74) is 1.22. The van der Waals surface area contributed by atoms with Gasteiger partial charge in [0.1, 0.15) is 5.75 Å². The Bertz CT molecular complexity index is 407. The summed E-state index contributed by atoms with van der Waals surface area (Å²) in [5, 5.41) is 9.72. The SMILES string of the molecule is CCOC1CN(C)C[C@@H](CO)[C@@H]1c1ccc(OC)cc1. The molecule has 1 N–H and O–H groups in total. The Morgan fingerprint density at radius 2 is 1.95 bits per heavy atom. The van der Waals surface area contributed by atoms with E-state index >= 15 is 0 Å². The van der Waals surface area contributed by atoms with Crippen molar-refractivity contribution in [3.63, 3.8) is 0 Å². The van der Waals surface area contributed by atoms with E-state index in [0.29, 0.717) is 6.61 Å². The molecule has 1 heterocycles. The van der Waals surface area contributed by atoms with Crippen molar-refractivity contribution in [1.29, 1.82) is 0 Å². The third kappa shape index (κ3) is 3.32. The molecule has 3 atom stereocenters. The third-order valence-electron chi connectivity index (χ3n) is 4.06. The normalized spacial score (nSPS) is 27.5. The van der Waals surface area contributed by atoms with E-state index in [1.54, 1.807) is 7.11 Å². The van der Waals surface area contributed by atoms with Crippen LogP contribution in [-0.2, 0) is 4.74 Å². The smallest absolute Gasteiger partial charge is 0.118 e. The summed E-state index contributed by atoms with van der Waals surface area (Å²) < 4.78 is 11.1. The number of methoxy groups -OCH3 is 1. The van der Waals surface area contributed by atoms with Crippen LogP contribution in [-0.4, -0.2) is 56.6 Å². The second kappa shape index (κ2) is 7.07. The van der Waals surface area contributed by atoms with E-state index in [1.807, 2.05) is 19.1 Å². The number of hydrogen-bond acceptors (Lipinski definition) is 4. The van der Waals surface area contributed by atoms with Gasteiger partial charge < -0.3 is 19.5 Å². The molecule has 0 amide bonds. The summed E-state index contributed by atoms with van der Waals surface area (Å²) in [6.07, 6.45) is 0.129. The lowest BCUT2D eigenvalue weighted by Crippen LogP contribution is -2.48. The Morgan fingerprint density at radius 1 is 1.25 bits per heavy atom. The zero-order valence-electron chi connectivity index (χ0n) is 12.6. The molecule has 20 heavy (non-hydrogen) atoms. The molecule has 0 radical (unpaired) electrons. The van der Waals surface area contributed by atoms with Crippen molar-refractivity contribution in [3.05, 3.63) is 29.8 Å². The average Bonchev–Trinajstić information content (AvgIpc) is 2.47. The summed E-state index contributed by atoms with van der Waals surface area (Å²) in [7, 11) is 3.75. The number of likely N-dealkylation sites (tertiary alicyclic amines) is 1. The second-order valence-corrected chi connectivity index (χ2v) is 5.46.